The van der Waals surface area contributed by atoms with E-state index in [4.69, 9.17) is 0 Å². The standard InChI is InChI=1S/C51H40/c1-31-19-23-36-37-24-20-33(28-45(37)50(2,3)44(36)27-31)34-21-25-38-39-26-22-35(30-47(39)51(4,5)46(38)29-34)49-42-17-11-9-15-40(42)48(32-13-7-6-8-14-32)41-16-10-12-18-43(41)49/h6-30H,1-5H3. The minimum absolute atomic E-state index is 0.0248. The van der Waals surface area contributed by atoms with E-state index >= 15 is 0 Å². The van der Waals surface area contributed by atoms with Gasteiger partial charge in [-0.05, 0) is 125 Å². The van der Waals surface area contributed by atoms with Gasteiger partial charge < -0.3 is 0 Å². The Labute approximate surface area is 301 Å². The Hall–Kier alpha value is -5.72. The maximum absolute atomic E-state index is 2.49. The quantitative estimate of drug-likeness (QED) is 0.167. The third-order valence-corrected chi connectivity index (χ3v) is 12.1. The zero-order valence-electron chi connectivity index (χ0n) is 29.9. The van der Waals surface area contributed by atoms with Crippen molar-refractivity contribution in [2.45, 2.75) is 45.4 Å². The van der Waals surface area contributed by atoms with E-state index in [0.29, 0.717) is 0 Å². The maximum atomic E-state index is 2.49. The molecule has 0 radical (unpaired) electrons. The zero-order chi connectivity index (χ0) is 34.6. The minimum Gasteiger partial charge on any atom is -0.0622 e. The van der Waals surface area contributed by atoms with Gasteiger partial charge in [-0.25, -0.2) is 0 Å². The van der Waals surface area contributed by atoms with Gasteiger partial charge >= 0.3 is 0 Å². The summed E-state index contributed by atoms with van der Waals surface area (Å²) in [7, 11) is 0. The molecule has 8 aromatic carbocycles. The molecule has 0 aliphatic heterocycles. The molecule has 10 rings (SSSR count). The monoisotopic (exact) mass is 652 g/mol. The minimum atomic E-state index is -0.143. The third-order valence-electron chi connectivity index (χ3n) is 12.1. The molecule has 0 nitrogen and oxygen atoms in total. The molecule has 0 heteroatoms. The van der Waals surface area contributed by atoms with E-state index in [-0.39, 0.29) is 10.8 Å². The van der Waals surface area contributed by atoms with Crippen LogP contribution in [0.25, 0.3) is 77.2 Å². The number of hydrogen-bond acceptors (Lipinski definition) is 0. The Morgan fingerprint density at radius 3 is 1.14 bits per heavy atom. The van der Waals surface area contributed by atoms with Crippen LogP contribution < -0.4 is 0 Å². The average molecular weight is 653 g/mol. The predicted octanol–water partition coefficient (Wildman–Crippen LogP) is 13.9. The van der Waals surface area contributed by atoms with E-state index in [1.165, 1.54) is 105 Å². The lowest BCUT2D eigenvalue weighted by atomic mass is 9.79. The van der Waals surface area contributed by atoms with Gasteiger partial charge in [-0.2, -0.15) is 0 Å². The van der Waals surface area contributed by atoms with Crippen LogP contribution in [0.3, 0.4) is 0 Å². The Bertz CT molecular complexity index is 2680. The molecule has 8 aromatic rings. The van der Waals surface area contributed by atoms with Gasteiger partial charge in [-0.1, -0.05) is 167 Å². The molecule has 0 spiro atoms. The van der Waals surface area contributed by atoms with Crippen molar-refractivity contribution in [3.63, 3.8) is 0 Å². The first-order valence-electron chi connectivity index (χ1n) is 18.3. The highest BCUT2D eigenvalue weighted by Gasteiger charge is 2.38. The second-order valence-electron chi connectivity index (χ2n) is 15.8. The Morgan fingerprint density at radius 2 is 0.667 bits per heavy atom. The molecule has 0 heterocycles. The van der Waals surface area contributed by atoms with Crippen LogP contribution in [0.4, 0.5) is 0 Å². The molecular weight excluding hydrogens is 613 g/mol. The van der Waals surface area contributed by atoms with Crippen LogP contribution in [0.2, 0.25) is 0 Å². The fraction of sp³-hybridized carbons (Fsp3) is 0.137. The SMILES string of the molecule is Cc1ccc2c(c1)C(C)(C)c1cc(-c3ccc4c(c3)C(C)(C)c3cc(-c5c6ccccc6c(-c6ccccc6)c6ccccc56)ccc3-4)ccc1-2. The highest BCUT2D eigenvalue weighted by molar-refractivity contribution is 6.21. The van der Waals surface area contributed by atoms with Crippen molar-refractivity contribution < 1.29 is 0 Å². The summed E-state index contributed by atoms with van der Waals surface area (Å²) in [4.78, 5) is 0. The zero-order valence-corrected chi connectivity index (χ0v) is 29.9. The predicted molar refractivity (Wildman–Crippen MR) is 218 cm³/mol. The first-order valence-corrected chi connectivity index (χ1v) is 18.3. The maximum Gasteiger partial charge on any atom is 0.0159 e. The molecular formula is C51H40. The van der Waals surface area contributed by atoms with Crippen LogP contribution in [0, 0.1) is 6.92 Å². The molecule has 0 bridgehead atoms. The van der Waals surface area contributed by atoms with E-state index in [9.17, 15) is 0 Å². The summed E-state index contributed by atoms with van der Waals surface area (Å²) in [6, 6.07) is 57.2. The number of rotatable bonds is 3. The lowest BCUT2D eigenvalue weighted by Gasteiger charge is -2.24. The molecule has 0 aromatic heterocycles. The molecule has 244 valence electrons. The van der Waals surface area contributed by atoms with Crippen molar-refractivity contribution in [2.24, 2.45) is 0 Å². The molecule has 51 heavy (non-hydrogen) atoms. The van der Waals surface area contributed by atoms with Crippen LogP contribution >= 0.6 is 0 Å². The molecule has 0 amide bonds. The highest BCUT2D eigenvalue weighted by atomic mass is 14.4. The summed E-state index contributed by atoms with van der Waals surface area (Å²) in [5, 5.41) is 5.17. The van der Waals surface area contributed by atoms with Gasteiger partial charge in [-0.15, -0.1) is 0 Å². The molecule has 0 fully saturated rings. The number of hydrogen-bond donors (Lipinski definition) is 0. The van der Waals surface area contributed by atoms with Gasteiger partial charge in [0.25, 0.3) is 0 Å². The number of benzene rings is 8. The van der Waals surface area contributed by atoms with E-state index in [0.717, 1.165) is 0 Å². The Kier molecular flexibility index (Phi) is 6.29. The second-order valence-corrected chi connectivity index (χ2v) is 15.8. The highest BCUT2D eigenvalue weighted by Crippen LogP contribution is 2.53. The fourth-order valence-corrected chi connectivity index (χ4v) is 9.46. The lowest BCUT2D eigenvalue weighted by molar-refractivity contribution is 0.659. The summed E-state index contributed by atoms with van der Waals surface area (Å²) in [5.74, 6) is 0. The molecule has 0 unspecified atom stereocenters. The van der Waals surface area contributed by atoms with Gasteiger partial charge in [0.1, 0.15) is 0 Å². The summed E-state index contributed by atoms with van der Waals surface area (Å²) < 4.78 is 0. The van der Waals surface area contributed by atoms with Crippen LogP contribution in [0.15, 0.2) is 152 Å². The van der Waals surface area contributed by atoms with Crippen LogP contribution in [-0.2, 0) is 10.8 Å². The Balaban J connectivity index is 1.10. The lowest BCUT2D eigenvalue weighted by Crippen LogP contribution is -2.15. The van der Waals surface area contributed by atoms with E-state index in [2.05, 4.69) is 186 Å². The fourth-order valence-electron chi connectivity index (χ4n) is 9.46. The molecule has 0 saturated heterocycles. The van der Waals surface area contributed by atoms with E-state index < -0.39 is 0 Å². The largest absolute Gasteiger partial charge is 0.0622 e. The van der Waals surface area contributed by atoms with E-state index in [1.807, 2.05) is 0 Å². The number of aryl methyl sites for hydroxylation is 1. The third kappa shape index (κ3) is 4.26. The average Bonchev–Trinajstić information content (AvgIpc) is 3.52. The van der Waals surface area contributed by atoms with Crippen molar-refractivity contribution in [2.75, 3.05) is 0 Å². The summed E-state index contributed by atoms with van der Waals surface area (Å²) in [5.41, 5.74) is 20.0. The molecule has 0 N–H and O–H groups in total. The molecule has 0 saturated carbocycles. The second kappa shape index (κ2) is 10.6. The van der Waals surface area contributed by atoms with Crippen molar-refractivity contribution in [1.82, 2.24) is 0 Å². The van der Waals surface area contributed by atoms with E-state index in [1.54, 1.807) is 0 Å². The van der Waals surface area contributed by atoms with Gasteiger partial charge in [0.15, 0.2) is 0 Å². The number of fused-ring (bicyclic) bond motifs is 8. The van der Waals surface area contributed by atoms with Gasteiger partial charge in [0, 0.05) is 10.8 Å². The summed E-state index contributed by atoms with van der Waals surface area (Å²) in [6.45, 7) is 11.8. The van der Waals surface area contributed by atoms with Crippen molar-refractivity contribution >= 4 is 21.5 Å². The summed E-state index contributed by atoms with van der Waals surface area (Å²) in [6.07, 6.45) is 0. The first-order chi connectivity index (χ1) is 24.7. The van der Waals surface area contributed by atoms with Crippen molar-refractivity contribution in [3.8, 4) is 55.6 Å². The van der Waals surface area contributed by atoms with Gasteiger partial charge in [0.2, 0.25) is 0 Å². The van der Waals surface area contributed by atoms with Gasteiger partial charge in [-0.3, -0.25) is 0 Å². The van der Waals surface area contributed by atoms with Crippen molar-refractivity contribution in [1.29, 1.82) is 0 Å². The van der Waals surface area contributed by atoms with Crippen LogP contribution in [-0.4, -0.2) is 0 Å². The van der Waals surface area contributed by atoms with Crippen LogP contribution in [0.5, 0.6) is 0 Å². The first kappa shape index (κ1) is 30.1. The van der Waals surface area contributed by atoms with Gasteiger partial charge in [0.05, 0.1) is 0 Å². The topological polar surface area (TPSA) is 0 Å². The Morgan fingerprint density at radius 1 is 0.314 bits per heavy atom. The molecule has 2 aliphatic rings. The van der Waals surface area contributed by atoms with Crippen molar-refractivity contribution in [3.05, 3.63) is 179 Å². The smallest absolute Gasteiger partial charge is 0.0159 e. The molecule has 2 aliphatic carbocycles. The summed E-state index contributed by atoms with van der Waals surface area (Å²) >= 11 is 0. The normalized spacial score (nSPS) is 14.7. The molecule has 0 atom stereocenters. The van der Waals surface area contributed by atoms with Crippen LogP contribution in [0.1, 0.15) is 55.5 Å².